The highest BCUT2D eigenvalue weighted by Crippen LogP contribution is 2.41. The molecule has 10 rings (SSSR count). The first kappa shape index (κ1) is 38.5. The first-order chi connectivity index (χ1) is 29.9. The van der Waals surface area contributed by atoms with Gasteiger partial charge < -0.3 is 19.7 Å². The van der Waals surface area contributed by atoms with Crippen LogP contribution in [0.15, 0.2) is 168 Å². The first-order valence-corrected chi connectivity index (χ1v) is 19.7. The zero-order valence-corrected chi connectivity index (χ0v) is 33.6. The molecule has 0 aliphatic carbocycles. The molecule has 0 bridgehead atoms. The summed E-state index contributed by atoms with van der Waals surface area (Å²) in [5.74, 6) is 0.287. The lowest BCUT2D eigenvalue weighted by atomic mass is 9.91. The molecular formula is C47H40N10O4. The minimum Gasteiger partial charge on any atom is -0.457 e. The maximum atomic E-state index is 13.4. The lowest BCUT2D eigenvalue weighted by Gasteiger charge is -2.32. The van der Waals surface area contributed by atoms with Crippen LogP contribution in [0, 0.1) is 0 Å². The fourth-order valence-electron chi connectivity index (χ4n) is 7.92. The van der Waals surface area contributed by atoms with Crippen LogP contribution in [0.4, 0.5) is 11.9 Å². The lowest BCUT2D eigenvalue weighted by Crippen LogP contribution is -2.34. The smallest absolute Gasteiger partial charge is 0.338 e. The number of carbonyl (C=O) groups is 2. The van der Waals surface area contributed by atoms with Crippen molar-refractivity contribution in [3.8, 4) is 0 Å². The van der Waals surface area contributed by atoms with Gasteiger partial charge in [0.25, 0.3) is 0 Å². The van der Waals surface area contributed by atoms with Gasteiger partial charge in [-0.1, -0.05) is 156 Å². The fourth-order valence-corrected chi connectivity index (χ4v) is 7.92. The standard InChI is InChI=1S/C24H21N5O2.C23H19N5O2/c1-16-21(23(30)31-15-17-9-4-3-5-10-17)22(29-24(28(16)2)25-26-27-29)20-14-8-12-18-11-6-7-13-19(18)20;1-15-20(22(29)30-14-16-8-3-2-4-9-16)21(28-23(24-15)25-26-27-28)19-13-7-11-17-10-5-6-12-18(17)19/h3-14,22H,15H2,1-2H3;2-13,21H,14H2,1H3,(H,24,25,27). The Bertz CT molecular complexity index is 2950. The number of esters is 2. The molecule has 0 spiro atoms. The first-order valence-electron chi connectivity index (χ1n) is 19.7. The van der Waals surface area contributed by atoms with Gasteiger partial charge in [0.2, 0.25) is 11.9 Å². The SMILES string of the molecule is CC1=C(C(=O)OCc2ccccc2)C(c2cccc3ccccc23)n2nnnc2N1.CC1=C(C(=O)OCc2ccccc2)C(c2cccc3ccccc23)n2nnnc2N1C. The molecule has 0 saturated carbocycles. The Kier molecular flexibility index (Phi) is 10.5. The van der Waals surface area contributed by atoms with Crippen LogP contribution >= 0.6 is 0 Å². The average Bonchev–Trinajstić information content (AvgIpc) is 3.99. The number of allylic oxidation sites excluding steroid dienone is 2. The van der Waals surface area contributed by atoms with Crippen molar-refractivity contribution in [2.75, 3.05) is 17.3 Å². The molecule has 0 amide bonds. The minimum atomic E-state index is -0.495. The number of carbonyl (C=O) groups excluding carboxylic acids is 2. The van der Waals surface area contributed by atoms with Crippen molar-refractivity contribution < 1.29 is 19.1 Å². The molecule has 2 unspecified atom stereocenters. The third-order valence-electron chi connectivity index (χ3n) is 11.0. The van der Waals surface area contributed by atoms with Crippen molar-refractivity contribution in [1.82, 2.24) is 40.4 Å². The lowest BCUT2D eigenvalue weighted by molar-refractivity contribution is -0.141. The van der Waals surface area contributed by atoms with Crippen molar-refractivity contribution in [3.05, 3.63) is 190 Å². The Balaban J connectivity index is 0.000000156. The predicted molar refractivity (Wildman–Crippen MR) is 230 cm³/mol. The van der Waals surface area contributed by atoms with E-state index in [4.69, 9.17) is 9.47 Å². The van der Waals surface area contributed by atoms with E-state index >= 15 is 0 Å². The van der Waals surface area contributed by atoms with Gasteiger partial charge in [0.15, 0.2) is 0 Å². The molecule has 0 saturated heterocycles. The van der Waals surface area contributed by atoms with Crippen LogP contribution in [0.2, 0.25) is 0 Å². The maximum absolute atomic E-state index is 13.4. The summed E-state index contributed by atoms with van der Waals surface area (Å²) in [5.41, 5.74) is 6.20. The number of fused-ring (bicyclic) bond motifs is 4. The van der Waals surface area contributed by atoms with Gasteiger partial charge in [0.05, 0.1) is 11.1 Å². The van der Waals surface area contributed by atoms with Crippen molar-refractivity contribution in [3.63, 3.8) is 0 Å². The fraction of sp³-hybridized carbons (Fsp3) is 0.149. The van der Waals surface area contributed by atoms with E-state index in [1.807, 2.05) is 153 Å². The van der Waals surface area contributed by atoms with Crippen molar-refractivity contribution in [2.24, 2.45) is 0 Å². The van der Waals surface area contributed by atoms with E-state index in [2.05, 4.69) is 54.6 Å². The molecule has 4 heterocycles. The van der Waals surface area contributed by atoms with Gasteiger partial charge >= 0.3 is 11.9 Å². The quantitative estimate of drug-likeness (QED) is 0.149. The van der Waals surface area contributed by atoms with Crippen LogP contribution < -0.4 is 10.2 Å². The van der Waals surface area contributed by atoms with Crippen molar-refractivity contribution >= 4 is 45.4 Å². The molecule has 2 aromatic heterocycles. The highest BCUT2D eigenvalue weighted by molar-refractivity contribution is 5.96. The predicted octanol–water partition coefficient (Wildman–Crippen LogP) is 7.74. The number of nitrogens with zero attached hydrogens (tertiary/aromatic N) is 9. The maximum Gasteiger partial charge on any atom is 0.338 e. The van der Waals surface area contributed by atoms with Crippen LogP contribution in [0.1, 0.15) is 48.2 Å². The van der Waals surface area contributed by atoms with Crippen molar-refractivity contribution in [1.29, 1.82) is 0 Å². The number of rotatable bonds is 8. The number of hydrogen-bond donors (Lipinski definition) is 1. The minimum absolute atomic E-state index is 0.196. The third-order valence-corrected chi connectivity index (χ3v) is 11.0. The second kappa shape index (κ2) is 16.7. The van der Waals surface area contributed by atoms with Crippen LogP contribution in [0.25, 0.3) is 21.5 Å². The highest BCUT2D eigenvalue weighted by Gasteiger charge is 2.39. The van der Waals surface area contributed by atoms with E-state index in [1.54, 1.807) is 9.36 Å². The van der Waals surface area contributed by atoms with Crippen LogP contribution in [0.3, 0.4) is 0 Å². The van der Waals surface area contributed by atoms with E-state index in [9.17, 15) is 9.59 Å². The molecule has 2 aliphatic heterocycles. The number of anilines is 2. The molecule has 14 nitrogen and oxygen atoms in total. The number of hydrogen-bond acceptors (Lipinski definition) is 12. The van der Waals surface area contributed by atoms with Crippen LogP contribution in [-0.4, -0.2) is 59.4 Å². The van der Waals surface area contributed by atoms with Gasteiger partial charge in [-0.05, 0) is 78.5 Å². The van der Waals surface area contributed by atoms with Gasteiger partial charge in [-0.2, -0.15) is 9.36 Å². The Morgan fingerprint density at radius 2 is 1.05 bits per heavy atom. The number of benzene rings is 6. The summed E-state index contributed by atoms with van der Waals surface area (Å²) in [6.45, 7) is 4.14. The number of aromatic nitrogens is 8. The molecule has 14 heteroatoms. The Morgan fingerprint density at radius 3 is 1.64 bits per heavy atom. The van der Waals surface area contributed by atoms with E-state index in [-0.39, 0.29) is 19.2 Å². The topological polar surface area (TPSA) is 155 Å². The van der Waals surface area contributed by atoms with E-state index < -0.39 is 18.1 Å². The van der Waals surface area contributed by atoms with Gasteiger partial charge in [-0.3, -0.25) is 0 Å². The van der Waals surface area contributed by atoms with Gasteiger partial charge in [-0.15, -0.1) is 0 Å². The third kappa shape index (κ3) is 7.46. The van der Waals surface area contributed by atoms with Crippen molar-refractivity contribution in [2.45, 2.75) is 39.1 Å². The number of ether oxygens (including phenoxy) is 2. The van der Waals surface area contributed by atoms with Crippen LogP contribution in [-0.2, 0) is 32.3 Å². The number of nitrogens with one attached hydrogen (secondary N) is 1. The monoisotopic (exact) mass is 808 g/mol. The molecule has 6 aromatic carbocycles. The molecule has 0 fully saturated rings. The molecule has 0 radical (unpaired) electrons. The summed E-state index contributed by atoms with van der Waals surface area (Å²) in [5, 5.41) is 31.7. The van der Waals surface area contributed by atoms with E-state index in [0.717, 1.165) is 49.5 Å². The summed E-state index contributed by atoms with van der Waals surface area (Å²) in [6.07, 6.45) is 0. The molecule has 2 atom stereocenters. The summed E-state index contributed by atoms with van der Waals surface area (Å²) in [6, 6.07) is 46.5. The summed E-state index contributed by atoms with van der Waals surface area (Å²) in [7, 11) is 1.85. The highest BCUT2D eigenvalue weighted by atomic mass is 16.5. The van der Waals surface area contributed by atoms with Gasteiger partial charge in [0, 0.05) is 18.4 Å². The van der Waals surface area contributed by atoms with E-state index in [1.165, 1.54) is 0 Å². The molecule has 61 heavy (non-hydrogen) atoms. The summed E-state index contributed by atoms with van der Waals surface area (Å²) in [4.78, 5) is 28.4. The summed E-state index contributed by atoms with van der Waals surface area (Å²) >= 11 is 0. The Labute approximate surface area is 350 Å². The van der Waals surface area contributed by atoms with Gasteiger partial charge in [0.1, 0.15) is 25.3 Å². The summed E-state index contributed by atoms with van der Waals surface area (Å²) < 4.78 is 14.7. The second-order valence-electron chi connectivity index (χ2n) is 14.7. The molecule has 2 aliphatic rings. The Morgan fingerprint density at radius 1 is 0.574 bits per heavy atom. The molecular weight excluding hydrogens is 769 g/mol. The van der Waals surface area contributed by atoms with E-state index in [0.29, 0.717) is 28.7 Å². The van der Waals surface area contributed by atoms with Gasteiger partial charge in [-0.25, -0.2) is 9.59 Å². The molecule has 8 aromatic rings. The number of tetrazole rings is 2. The second-order valence-corrected chi connectivity index (χ2v) is 14.7. The average molecular weight is 809 g/mol. The molecule has 1 N–H and O–H groups in total. The van der Waals surface area contributed by atoms with Crippen LogP contribution in [0.5, 0.6) is 0 Å². The zero-order valence-electron chi connectivity index (χ0n) is 33.6. The normalized spacial score (nSPS) is 15.7. The zero-order chi connectivity index (χ0) is 41.9. The Hall–Kier alpha value is -8.00. The molecule has 302 valence electrons. The largest absolute Gasteiger partial charge is 0.457 e.